The molecule has 0 spiro atoms. The van der Waals surface area contributed by atoms with Crippen LogP contribution in [0.3, 0.4) is 0 Å². The number of furan rings is 1. The SMILES string of the molecule is c1ccc(-c2ccc(-c3nc(-c4ccc(-c5ccccc5)cc4)nc(-n4c5c(-c6cccc7c6oc6ccc8ccccc8c67)cccc5c5c6ccccc6c6ccccc6c54)n3)cc2)cc1. The molecule has 0 aliphatic heterocycles. The summed E-state index contributed by atoms with van der Waals surface area (Å²) in [5, 5.41) is 11.4. The molecule has 0 saturated heterocycles. The highest BCUT2D eigenvalue weighted by Crippen LogP contribution is 2.47. The summed E-state index contributed by atoms with van der Waals surface area (Å²) < 4.78 is 9.24. The molecule has 3 aromatic heterocycles. The second-order valence-corrected chi connectivity index (χ2v) is 17.5. The Kier molecular flexibility index (Phi) is 8.52. The number of aromatic nitrogens is 4. The van der Waals surface area contributed by atoms with Crippen LogP contribution in [0.4, 0.5) is 0 Å². The Morgan fingerprint density at radius 1 is 0.294 bits per heavy atom. The van der Waals surface area contributed by atoms with Gasteiger partial charge in [-0.15, -0.1) is 0 Å². The first-order valence-electron chi connectivity index (χ1n) is 23.0. The van der Waals surface area contributed by atoms with Gasteiger partial charge in [-0.2, -0.15) is 9.97 Å². The van der Waals surface area contributed by atoms with E-state index >= 15 is 0 Å². The van der Waals surface area contributed by atoms with E-state index in [1.54, 1.807) is 0 Å². The van der Waals surface area contributed by atoms with Crippen molar-refractivity contribution < 1.29 is 4.42 Å². The van der Waals surface area contributed by atoms with Crippen molar-refractivity contribution in [2.24, 2.45) is 0 Å². The maximum atomic E-state index is 6.94. The molecule has 0 N–H and O–H groups in total. The van der Waals surface area contributed by atoms with E-state index in [1.807, 2.05) is 12.1 Å². The number of hydrogen-bond donors (Lipinski definition) is 0. The van der Waals surface area contributed by atoms with Crippen LogP contribution in [-0.4, -0.2) is 19.5 Å². The molecule has 14 rings (SSSR count). The first-order chi connectivity index (χ1) is 33.7. The van der Waals surface area contributed by atoms with Crippen molar-refractivity contribution in [3.63, 3.8) is 0 Å². The van der Waals surface area contributed by atoms with Gasteiger partial charge in [0.25, 0.3) is 0 Å². The number of hydrogen-bond acceptors (Lipinski definition) is 4. The molecule has 0 fully saturated rings. The van der Waals surface area contributed by atoms with E-state index in [0.29, 0.717) is 17.6 Å². The zero-order valence-corrected chi connectivity index (χ0v) is 36.6. The van der Waals surface area contributed by atoms with Gasteiger partial charge in [-0.05, 0) is 55.3 Å². The van der Waals surface area contributed by atoms with Gasteiger partial charge in [-0.3, -0.25) is 4.57 Å². The quantitative estimate of drug-likeness (QED) is 0.156. The lowest BCUT2D eigenvalue weighted by molar-refractivity contribution is 0.670. The van der Waals surface area contributed by atoms with Gasteiger partial charge < -0.3 is 4.42 Å². The predicted octanol–water partition coefficient (Wildman–Crippen LogP) is 16.7. The summed E-state index contributed by atoms with van der Waals surface area (Å²) in [7, 11) is 0. The summed E-state index contributed by atoms with van der Waals surface area (Å²) in [6.07, 6.45) is 0. The molecule has 68 heavy (non-hydrogen) atoms. The standard InChI is InChI=1S/C63H38N4O/c1-3-15-39(16-4-1)41-29-33-44(34-30-41)61-64-62(45-35-31-42(32-36-45)40-17-5-2-6-18-40)66-63(65-61)67-58-51(52-26-14-28-54-56-46-20-8-7-19-43(46)37-38-55(56)68-60(52)54)25-13-27-53(58)57-49-23-11-9-21-47(49)48-22-10-12-24-50(48)59(57)67/h1-38H. The van der Waals surface area contributed by atoms with Gasteiger partial charge in [0.1, 0.15) is 11.2 Å². The van der Waals surface area contributed by atoms with Gasteiger partial charge in [0.2, 0.25) is 5.95 Å². The van der Waals surface area contributed by atoms with E-state index in [9.17, 15) is 0 Å². The van der Waals surface area contributed by atoms with Gasteiger partial charge in [0.05, 0.1) is 11.0 Å². The van der Waals surface area contributed by atoms with Gasteiger partial charge >= 0.3 is 0 Å². The van der Waals surface area contributed by atoms with Crippen LogP contribution in [0, 0.1) is 0 Å². The van der Waals surface area contributed by atoms with E-state index < -0.39 is 0 Å². The van der Waals surface area contributed by atoms with Crippen LogP contribution in [0.15, 0.2) is 235 Å². The Morgan fingerprint density at radius 2 is 0.779 bits per heavy atom. The molecule has 5 nitrogen and oxygen atoms in total. The average Bonchev–Trinajstić information content (AvgIpc) is 3.99. The van der Waals surface area contributed by atoms with E-state index in [0.717, 1.165) is 104 Å². The zero-order chi connectivity index (χ0) is 44.7. The summed E-state index contributed by atoms with van der Waals surface area (Å²) in [6.45, 7) is 0. The van der Waals surface area contributed by atoms with Crippen LogP contribution < -0.4 is 0 Å². The highest BCUT2D eigenvalue weighted by Gasteiger charge is 2.26. The number of benzene rings is 11. The largest absolute Gasteiger partial charge is 0.455 e. The Bertz CT molecular complexity index is 4190. The molecule has 0 amide bonds. The molecular weight excluding hydrogens is 829 g/mol. The summed E-state index contributed by atoms with van der Waals surface area (Å²) >= 11 is 0. The fraction of sp³-hybridized carbons (Fsp3) is 0. The summed E-state index contributed by atoms with van der Waals surface area (Å²) in [6, 6.07) is 81.4. The van der Waals surface area contributed by atoms with Gasteiger partial charge in [-0.1, -0.05) is 224 Å². The van der Waals surface area contributed by atoms with Crippen LogP contribution >= 0.6 is 0 Å². The minimum absolute atomic E-state index is 0.528. The molecule has 5 heteroatoms. The lowest BCUT2D eigenvalue weighted by Gasteiger charge is -2.15. The summed E-state index contributed by atoms with van der Waals surface area (Å²) in [5.41, 5.74) is 12.1. The normalized spacial score (nSPS) is 11.8. The van der Waals surface area contributed by atoms with E-state index in [4.69, 9.17) is 19.4 Å². The third-order valence-electron chi connectivity index (χ3n) is 13.7. The highest BCUT2D eigenvalue weighted by molar-refractivity contribution is 6.33. The predicted molar refractivity (Wildman–Crippen MR) is 281 cm³/mol. The lowest BCUT2D eigenvalue weighted by atomic mass is 9.95. The van der Waals surface area contributed by atoms with Crippen LogP contribution in [0.2, 0.25) is 0 Å². The summed E-state index contributed by atoms with van der Waals surface area (Å²) in [4.78, 5) is 16.3. The zero-order valence-electron chi connectivity index (χ0n) is 36.6. The molecule has 0 aliphatic rings. The van der Waals surface area contributed by atoms with Crippen molar-refractivity contribution in [1.29, 1.82) is 0 Å². The molecular formula is C63H38N4O. The van der Waals surface area contributed by atoms with Crippen LogP contribution in [0.5, 0.6) is 0 Å². The average molecular weight is 867 g/mol. The van der Waals surface area contributed by atoms with Crippen molar-refractivity contribution in [1.82, 2.24) is 19.5 Å². The van der Waals surface area contributed by atoms with Crippen LogP contribution in [0.25, 0.3) is 138 Å². The van der Waals surface area contributed by atoms with Gasteiger partial charge in [-0.25, -0.2) is 4.98 Å². The molecule has 3 heterocycles. The molecule has 11 aromatic carbocycles. The Balaban J connectivity index is 1.09. The Labute approximate surface area is 390 Å². The monoisotopic (exact) mass is 866 g/mol. The second kappa shape index (κ2) is 15.2. The van der Waals surface area contributed by atoms with E-state index in [2.05, 4.69) is 223 Å². The maximum Gasteiger partial charge on any atom is 0.238 e. The van der Waals surface area contributed by atoms with Gasteiger partial charge in [0.15, 0.2) is 11.6 Å². The first-order valence-corrected chi connectivity index (χ1v) is 23.0. The maximum absolute atomic E-state index is 6.94. The summed E-state index contributed by atoms with van der Waals surface area (Å²) in [5.74, 6) is 1.70. The molecule has 0 unspecified atom stereocenters. The van der Waals surface area contributed by atoms with E-state index in [-0.39, 0.29) is 0 Å². The molecule has 14 aromatic rings. The fourth-order valence-electron chi connectivity index (χ4n) is 10.5. The molecule has 316 valence electrons. The Hall–Kier alpha value is -9.19. The van der Waals surface area contributed by atoms with Crippen molar-refractivity contribution in [2.75, 3.05) is 0 Å². The lowest BCUT2D eigenvalue weighted by Crippen LogP contribution is -2.07. The first kappa shape index (κ1) is 38.1. The van der Waals surface area contributed by atoms with Crippen molar-refractivity contribution in [3.8, 4) is 62.1 Å². The molecule has 0 aliphatic carbocycles. The number of rotatable bonds is 6. The third-order valence-corrected chi connectivity index (χ3v) is 13.7. The topological polar surface area (TPSA) is 56.7 Å². The minimum atomic E-state index is 0.528. The fourth-order valence-corrected chi connectivity index (χ4v) is 10.5. The number of fused-ring (bicyclic) bond motifs is 13. The smallest absolute Gasteiger partial charge is 0.238 e. The second-order valence-electron chi connectivity index (χ2n) is 17.5. The molecule has 0 saturated carbocycles. The van der Waals surface area contributed by atoms with Crippen molar-refractivity contribution >= 4 is 76.1 Å². The molecule has 0 radical (unpaired) electrons. The third kappa shape index (κ3) is 5.93. The van der Waals surface area contributed by atoms with Gasteiger partial charge in [0, 0.05) is 49.2 Å². The number of para-hydroxylation sites is 2. The molecule has 0 atom stereocenters. The van der Waals surface area contributed by atoms with Crippen molar-refractivity contribution in [2.45, 2.75) is 0 Å². The number of nitrogens with zero attached hydrogens (tertiary/aromatic N) is 4. The highest BCUT2D eigenvalue weighted by atomic mass is 16.3. The van der Waals surface area contributed by atoms with Crippen LogP contribution in [-0.2, 0) is 0 Å². The Morgan fingerprint density at radius 3 is 1.43 bits per heavy atom. The van der Waals surface area contributed by atoms with E-state index in [1.165, 1.54) is 16.2 Å². The molecule has 0 bridgehead atoms. The van der Waals surface area contributed by atoms with Crippen LogP contribution in [0.1, 0.15) is 0 Å². The minimum Gasteiger partial charge on any atom is -0.455 e. The van der Waals surface area contributed by atoms with Crippen molar-refractivity contribution in [3.05, 3.63) is 231 Å².